The molecule has 0 N–H and O–H groups in total. The molecule has 0 amide bonds. The molecule has 0 atom stereocenters. The number of rotatable bonds is 12. The molecule has 6 aromatic carbocycles. The van der Waals surface area contributed by atoms with E-state index in [-0.39, 0.29) is 22.1 Å². The third-order valence-electron chi connectivity index (χ3n) is 8.19. The number of benzene rings is 6. The molecule has 0 unspecified atom stereocenters. The maximum Gasteiger partial charge on any atom is 0.269 e. The number of nitro benzene ring substituents is 3. The van der Waals surface area contributed by atoms with Crippen molar-refractivity contribution in [2.75, 3.05) is 0 Å². The third-order valence-corrected chi connectivity index (χ3v) is 9.53. The quantitative estimate of drug-likeness (QED) is 0.0676. The number of hydrogen-bond donors (Lipinski definition) is 0. The minimum Gasteiger partial charge on any atom is -0.549 e. The molecule has 272 valence electrons. The molecule has 0 aliphatic carbocycles. The van der Waals surface area contributed by atoms with Crippen LogP contribution in [0.5, 0.6) is 28.7 Å². The second-order valence-electron chi connectivity index (χ2n) is 13.9. The highest BCUT2D eigenvalue weighted by Gasteiger charge is 2.16. The number of non-ortho nitro benzene ring substituents is 3. The summed E-state index contributed by atoms with van der Waals surface area (Å²) >= 11 is 0. The molecule has 0 saturated carbocycles. The summed E-state index contributed by atoms with van der Waals surface area (Å²) in [5.41, 5.74) is 5.24. The average molecular weight is 742 g/mol. The van der Waals surface area contributed by atoms with Crippen molar-refractivity contribution in [2.45, 2.75) is 32.7 Å². The largest absolute Gasteiger partial charge is 0.549 e. The highest BCUT2D eigenvalue weighted by molar-refractivity contribution is 6.32. The Hall–Kier alpha value is -6.86. The van der Waals surface area contributed by atoms with Gasteiger partial charge in [-0.3, -0.25) is 30.3 Å². The van der Waals surface area contributed by atoms with Crippen LogP contribution >= 0.6 is 0 Å². The minimum absolute atomic E-state index is 0.00381. The maximum absolute atomic E-state index is 11.4. The Kier molecular flexibility index (Phi) is 10.5. The van der Waals surface area contributed by atoms with E-state index in [1.54, 1.807) is 60.7 Å². The number of hydrogen-bond acceptors (Lipinski definition) is 9. The number of nitrogens with zero attached hydrogens (tertiary/aromatic N) is 3. The zero-order chi connectivity index (χ0) is 38.6. The van der Waals surface area contributed by atoms with Crippen LogP contribution in [0.1, 0.15) is 26.3 Å². The molecule has 0 fully saturated rings. The molecule has 0 aliphatic rings. The van der Waals surface area contributed by atoms with Gasteiger partial charge in [0.25, 0.3) is 17.1 Å². The fraction of sp³-hybridized carbons (Fsp3) is 0.122. The van der Waals surface area contributed by atoms with Gasteiger partial charge < -0.3 is 13.9 Å². The lowest BCUT2D eigenvalue weighted by Crippen LogP contribution is -2.15. The van der Waals surface area contributed by atoms with Crippen LogP contribution in [0.15, 0.2) is 127 Å². The number of aryl methyl sites for hydroxylation is 1. The summed E-state index contributed by atoms with van der Waals surface area (Å²) in [7, 11) is -1.01. The Bertz CT molecular complexity index is 2360. The van der Waals surface area contributed by atoms with E-state index in [9.17, 15) is 30.3 Å². The summed E-state index contributed by atoms with van der Waals surface area (Å²) in [6.45, 7) is 8.27. The Morgan fingerprint density at radius 1 is 0.444 bits per heavy atom. The van der Waals surface area contributed by atoms with E-state index in [0.29, 0.717) is 39.9 Å². The first-order valence-electron chi connectivity index (χ1n) is 16.8. The maximum atomic E-state index is 11.4. The monoisotopic (exact) mass is 741 g/mol. The molecule has 13 heteroatoms. The summed E-state index contributed by atoms with van der Waals surface area (Å²) in [5.74, 6) is 2.39. The number of nitro groups is 3. The summed E-state index contributed by atoms with van der Waals surface area (Å²) in [6, 6.07) is 35.2. The predicted octanol–water partition coefficient (Wildman–Crippen LogP) is 11.0. The normalized spacial score (nSPS) is 11.3. The van der Waals surface area contributed by atoms with Gasteiger partial charge in [0.2, 0.25) is 9.76 Å². The lowest BCUT2D eigenvalue weighted by Gasteiger charge is -2.19. The van der Waals surface area contributed by atoms with Crippen LogP contribution in [0, 0.1) is 37.3 Å². The van der Waals surface area contributed by atoms with Crippen LogP contribution in [-0.4, -0.2) is 24.5 Å². The van der Waals surface area contributed by atoms with Gasteiger partial charge in [-0.05, 0) is 124 Å². The first-order valence-corrected chi connectivity index (χ1v) is 18.1. The standard InChI is InChI=1S/C41H35N3O9Si/c1-26-17-30(27-5-11-33(12-6-27)42(45)46)19-36(18-26)51-37-20-31(28-7-13-34(14-8-28)43(47)48)21-38(24-37)52-39-22-32(23-40(25-39)53-54-41(2,3)4)29-9-15-35(16-10-29)44(49)50/h5-25H,54H2,1-4H3. The van der Waals surface area contributed by atoms with E-state index in [4.69, 9.17) is 13.9 Å². The van der Waals surface area contributed by atoms with Crippen molar-refractivity contribution in [3.63, 3.8) is 0 Å². The Balaban J connectivity index is 1.40. The predicted molar refractivity (Wildman–Crippen MR) is 209 cm³/mol. The van der Waals surface area contributed by atoms with Gasteiger partial charge in [0.1, 0.15) is 28.7 Å². The van der Waals surface area contributed by atoms with Gasteiger partial charge in [0.15, 0.2) is 0 Å². The first kappa shape index (κ1) is 36.9. The lowest BCUT2D eigenvalue weighted by atomic mass is 10.0. The highest BCUT2D eigenvalue weighted by atomic mass is 28.2. The zero-order valence-electron chi connectivity index (χ0n) is 29.8. The molecule has 12 nitrogen and oxygen atoms in total. The van der Waals surface area contributed by atoms with Crippen LogP contribution in [0.25, 0.3) is 33.4 Å². The van der Waals surface area contributed by atoms with Gasteiger partial charge >= 0.3 is 0 Å². The average Bonchev–Trinajstić information content (AvgIpc) is 3.13. The SMILES string of the molecule is Cc1cc(Oc2cc(Oc3cc(O[SiH2]C(C)(C)C)cc(-c4ccc([N+](=O)[O-])cc4)c3)cc(-c3ccc([N+](=O)[O-])cc3)c2)cc(-c2ccc([N+](=O)[O-])cc2)c1. The van der Waals surface area contributed by atoms with Gasteiger partial charge in [-0.1, -0.05) is 26.8 Å². The van der Waals surface area contributed by atoms with Crippen molar-refractivity contribution in [3.8, 4) is 62.1 Å². The molecule has 0 spiro atoms. The zero-order valence-corrected chi connectivity index (χ0v) is 31.3. The first-order chi connectivity index (χ1) is 25.7. The Morgan fingerprint density at radius 3 is 1.11 bits per heavy atom. The Labute approximate surface area is 313 Å². The van der Waals surface area contributed by atoms with Gasteiger partial charge in [0, 0.05) is 48.5 Å². The van der Waals surface area contributed by atoms with Crippen molar-refractivity contribution in [1.82, 2.24) is 0 Å². The molecule has 54 heavy (non-hydrogen) atoms. The van der Waals surface area contributed by atoms with Gasteiger partial charge in [-0.15, -0.1) is 0 Å². The summed E-state index contributed by atoms with van der Waals surface area (Å²) in [6.07, 6.45) is 0. The van der Waals surface area contributed by atoms with Crippen molar-refractivity contribution in [1.29, 1.82) is 0 Å². The van der Waals surface area contributed by atoms with Crippen LogP contribution in [-0.2, 0) is 0 Å². The van der Waals surface area contributed by atoms with Gasteiger partial charge in [-0.25, -0.2) is 0 Å². The highest BCUT2D eigenvalue weighted by Crippen LogP contribution is 2.39. The van der Waals surface area contributed by atoms with E-state index < -0.39 is 24.5 Å². The topological polar surface area (TPSA) is 157 Å². The van der Waals surface area contributed by atoms with Crippen LogP contribution in [0.3, 0.4) is 0 Å². The van der Waals surface area contributed by atoms with Crippen LogP contribution in [0.2, 0.25) is 5.04 Å². The van der Waals surface area contributed by atoms with E-state index >= 15 is 0 Å². The number of ether oxygens (including phenoxy) is 2. The van der Waals surface area contributed by atoms with Crippen molar-refractivity contribution >= 4 is 26.8 Å². The fourth-order valence-corrected chi connectivity index (χ4v) is 6.38. The molecule has 6 rings (SSSR count). The molecular weight excluding hydrogens is 707 g/mol. The van der Waals surface area contributed by atoms with E-state index in [2.05, 4.69) is 20.8 Å². The molecule has 0 radical (unpaired) electrons. The van der Waals surface area contributed by atoms with Crippen LogP contribution in [0.4, 0.5) is 17.1 Å². The van der Waals surface area contributed by atoms with E-state index in [0.717, 1.165) is 27.8 Å². The molecule has 0 saturated heterocycles. The van der Waals surface area contributed by atoms with Crippen molar-refractivity contribution in [3.05, 3.63) is 163 Å². The summed E-state index contributed by atoms with van der Waals surface area (Å²) in [5, 5.41) is 33.9. The summed E-state index contributed by atoms with van der Waals surface area (Å²) in [4.78, 5) is 32.5. The van der Waals surface area contributed by atoms with Crippen LogP contribution < -0.4 is 13.9 Å². The van der Waals surface area contributed by atoms with Crippen molar-refractivity contribution in [2.24, 2.45) is 0 Å². The second-order valence-corrected chi connectivity index (χ2v) is 16.6. The molecule has 0 heterocycles. The van der Waals surface area contributed by atoms with E-state index in [1.807, 2.05) is 37.3 Å². The third kappa shape index (κ3) is 9.32. The summed E-state index contributed by atoms with van der Waals surface area (Å²) < 4.78 is 19.3. The van der Waals surface area contributed by atoms with Gasteiger partial charge in [0.05, 0.1) is 14.8 Å². The molecule has 0 aliphatic heterocycles. The second kappa shape index (κ2) is 15.4. The fourth-order valence-electron chi connectivity index (χ4n) is 5.61. The smallest absolute Gasteiger partial charge is 0.269 e. The molecule has 0 bridgehead atoms. The lowest BCUT2D eigenvalue weighted by molar-refractivity contribution is -0.385. The Morgan fingerprint density at radius 2 is 0.759 bits per heavy atom. The van der Waals surface area contributed by atoms with Crippen molar-refractivity contribution < 1.29 is 28.7 Å². The molecule has 0 aromatic heterocycles. The van der Waals surface area contributed by atoms with E-state index in [1.165, 1.54) is 36.4 Å². The molecule has 6 aromatic rings. The minimum atomic E-state index is -1.01. The van der Waals surface area contributed by atoms with Gasteiger partial charge in [-0.2, -0.15) is 0 Å². The molecular formula is C41H35N3O9Si.